The van der Waals surface area contributed by atoms with Crippen molar-refractivity contribution in [2.45, 2.75) is 26.5 Å². The third kappa shape index (κ3) is 4.53. The maximum Gasteiger partial charge on any atom is 0.275 e. The molecule has 7 nitrogen and oxygen atoms in total. The molecule has 22 heavy (non-hydrogen) atoms. The Kier molecular flexibility index (Phi) is 5.93. The normalized spacial score (nSPS) is 18.4. The minimum Gasteiger partial charge on any atom is -0.392 e. The Morgan fingerprint density at radius 3 is 2.64 bits per heavy atom. The number of carbonyl (C=O) groups is 1. The first-order chi connectivity index (χ1) is 10.5. The van der Waals surface area contributed by atoms with E-state index in [2.05, 4.69) is 21.9 Å². The molecule has 0 aliphatic carbocycles. The first kappa shape index (κ1) is 16.9. The molecule has 0 unspecified atom stereocenters. The molecule has 0 spiro atoms. The molecule has 0 aromatic carbocycles. The summed E-state index contributed by atoms with van der Waals surface area (Å²) < 4.78 is 5.28. The van der Waals surface area contributed by atoms with Crippen LogP contribution in [0.2, 0.25) is 0 Å². The first-order valence-electron chi connectivity index (χ1n) is 7.83. The fraction of sp³-hybridized carbons (Fsp3) is 0.733. The number of carbonyl (C=O) groups excluding carboxylic acids is 1. The molecule has 1 amide bonds. The van der Waals surface area contributed by atoms with Gasteiger partial charge in [0.05, 0.1) is 12.6 Å². The molecule has 1 fully saturated rings. The topological polar surface area (TPSA) is 73.0 Å². The molecule has 0 radical (unpaired) electrons. The molecule has 1 N–H and O–H groups in total. The van der Waals surface area contributed by atoms with Crippen molar-refractivity contribution in [2.24, 2.45) is 0 Å². The summed E-state index contributed by atoms with van der Waals surface area (Å²) in [4.78, 5) is 18.3. The van der Waals surface area contributed by atoms with Crippen molar-refractivity contribution >= 4 is 5.91 Å². The number of nitrogens with zero attached hydrogens (tertiary/aromatic N) is 4. The second-order valence-corrected chi connectivity index (χ2v) is 5.92. The van der Waals surface area contributed by atoms with Crippen LogP contribution in [0.5, 0.6) is 0 Å². The highest BCUT2D eigenvalue weighted by Crippen LogP contribution is 2.11. The van der Waals surface area contributed by atoms with Gasteiger partial charge in [0.25, 0.3) is 5.91 Å². The predicted octanol–water partition coefficient (Wildman–Crippen LogP) is 0.265. The Bertz CT molecular complexity index is 481. The average molecular weight is 310 g/mol. The summed E-state index contributed by atoms with van der Waals surface area (Å²) in [5.74, 6) is 0.477. The summed E-state index contributed by atoms with van der Waals surface area (Å²) in [6.45, 7) is 9.99. The lowest BCUT2D eigenvalue weighted by molar-refractivity contribution is 0.0693. The Balaban J connectivity index is 1.87. The summed E-state index contributed by atoms with van der Waals surface area (Å²) >= 11 is 0. The van der Waals surface area contributed by atoms with Gasteiger partial charge in [-0.2, -0.15) is 0 Å². The number of likely N-dealkylation sites (N-methyl/N-ethyl adjacent to an activating group) is 2. The van der Waals surface area contributed by atoms with Crippen LogP contribution >= 0.6 is 0 Å². The zero-order chi connectivity index (χ0) is 16.1. The monoisotopic (exact) mass is 310 g/mol. The van der Waals surface area contributed by atoms with Crippen LogP contribution in [-0.4, -0.2) is 83.3 Å². The molecule has 1 atom stereocenters. The van der Waals surface area contributed by atoms with E-state index < -0.39 is 6.10 Å². The summed E-state index contributed by atoms with van der Waals surface area (Å²) in [7, 11) is 1.65. The summed E-state index contributed by atoms with van der Waals surface area (Å²) in [5, 5.41) is 13.2. The van der Waals surface area contributed by atoms with Crippen molar-refractivity contribution in [3.05, 3.63) is 17.5 Å². The Morgan fingerprint density at radius 2 is 2.05 bits per heavy atom. The van der Waals surface area contributed by atoms with Gasteiger partial charge >= 0.3 is 0 Å². The zero-order valence-electron chi connectivity index (χ0n) is 13.7. The van der Waals surface area contributed by atoms with E-state index in [9.17, 15) is 9.90 Å². The fourth-order valence-corrected chi connectivity index (χ4v) is 2.65. The highest BCUT2D eigenvalue weighted by molar-refractivity contribution is 5.92. The van der Waals surface area contributed by atoms with Crippen molar-refractivity contribution in [1.29, 1.82) is 0 Å². The second kappa shape index (κ2) is 7.71. The van der Waals surface area contributed by atoms with Gasteiger partial charge in [-0.15, -0.1) is 0 Å². The number of hydrogen-bond donors (Lipinski definition) is 1. The van der Waals surface area contributed by atoms with E-state index in [0.717, 1.165) is 32.7 Å². The highest BCUT2D eigenvalue weighted by atomic mass is 16.5. The van der Waals surface area contributed by atoms with Gasteiger partial charge in [0, 0.05) is 45.8 Å². The molecule has 0 saturated carbocycles. The van der Waals surface area contributed by atoms with Crippen molar-refractivity contribution in [2.75, 3.05) is 46.3 Å². The van der Waals surface area contributed by atoms with E-state index in [-0.39, 0.29) is 12.5 Å². The molecule has 1 aliphatic rings. The van der Waals surface area contributed by atoms with E-state index in [1.54, 1.807) is 20.0 Å². The number of aliphatic hydroxyl groups excluding tert-OH is 1. The SMILES string of the molecule is CCN1CCN(Cc2cc(C(=O)N(C)C[C@@H](C)O)no2)CC1. The summed E-state index contributed by atoms with van der Waals surface area (Å²) in [6.07, 6.45) is -0.560. The Morgan fingerprint density at radius 1 is 1.41 bits per heavy atom. The summed E-state index contributed by atoms with van der Waals surface area (Å²) in [6, 6.07) is 1.70. The number of amides is 1. The minimum absolute atomic E-state index is 0.230. The zero-order valence-corrected chi connectivity index (χ0v) is 13.7. The van der Waals surface area contributed by atoms with E-state index in [1.807, 2.05) is 0 Å². The largest absolute Gasteiger partial charge is 0.392 e. The fourth-order valence-electron chi connectivity index (χ4n) is 2.65. The second-order valence-electron chi connectivity index (χ2n) is 5.92. The molecule has 124 valence electrons. The van der Waals surface area contributed by atoms with Gasteiger partial charge in [0.15, 0.2) is 11.5 Å². The van der Waals surface area contributed by atoms with Gasteiger partial charge in [-0.3, -0.25) is 9.69 Å². The third-order valence-electron chi connectivity index (χ3n) is 3.95. The van der Waals surface area contributed by atoms with Crippen molar-refractivity contribution in [3.8, 4) is 0 Å². The van der Waals surface area contributed by atoms with E-state index in [1.165, 1.54) is 4.90 Å². The van der Waals surface area contributed by atoms with E-state index >= 15 is 0 Å². The molecule has 7 heteroatoms. The van der Waals surface area contributed by atoms with Crippen molar-refractivity contribution < 1.29 is 14.4 Å². The Hall–Kier alpha value is -1.44. The van der Waals surface area contributed by atoms with Gasteiger partial charge in [-0.1, -0.05) is 12.1 Å². The number of hydrogen-bond acceptors (Lipinski definition) is 6. The number of rotatable bonds is 6. The van der Waals surface area contributed by atoms with E-state index in [4.69, 9.17) is 4.52 Å². The molecule has 1 saturated heterocycles. The molecule has 1 aromatic heterocycles. The lowest BCUT2D eigenvalue weighted by atomic mass is 10.2. The maximum atomic E-state index is 12.1. The van der Waals surface area contributed by atoms with Gasteiger partial charge in [-0.05, 0) is 13.5 Å². The van der Waals surface area contributed by atoms with E-state index in [0.29, 0.717) is 18.0 Å². The number of piperazine rings is 1. The van der Waals surface area contributed by atoms with Crippen LogP contribution in [0, 0.1) is 0 Å². The average Bonchev–Trinajstić information content (AvgIpc) is 2.95. The molecule has 0 bridgehead atoms. The van der Waals surface area contributed by atoms with Gasteiger partial charge in [0.2, 0.25) is 0 Å². The van der Waals surface area contributed by atoms with Crippen LogP contribution in [0.1, 0.15) is 30.1 Å². The standard InChI is InChI=1S/C15H26N4O3/c1-4-18-5-7-19(8-6-18)11-13-9-14(16-22-13)15(21)17(3)10-12(2)20/h9,12,20H,4-8,10-11H2,1-3H3/t12-/m1/s1. The summed E-state index contributed by atoms with van der Waals surface area (Å²) in [5.41, 5.74) is 0.297. The highest BCUT2D eigenvalue weighted by Gasteiger charge is 2.21. The predicted molar refractivity (Wildman–Crippen MR) is 82.5 cm³/mol. The maximum absolute atomic E-state index is 12.1. The molecular formula is C15H26N4O3. The third-order valence-corrected chi connectivity index (χ3v) is 3.95. The molecule has 2 heterocycles. The van der Waals surface area contributed by atoms with Crippen LogP contribution in [0.4, 0.5) is 0 Å². The van der Waals surface area contributed by atoms with Crippen LogP contribution in [0.15, 0.2) is 10.6 Å². The molecule has 1 aromatic rings. The van der Waals surface area contributed by atoms with Crippen molar-refractivity contribution in [3.63, 3.8) is 0 Å². The van der Waals surface area contributed by atoms with Crippen LogP contribution < -0.4 is 0 Å². The molecule has 1 aliphatic heterocycles. The van der Waals surface area contributed by atoms with Crippen LogP contribution in [0.3, 0.4) is 0 Å². The van der Waals surface area contributed by atoms with Gasteiger partial charge in [0.1, 0.15) is 0 Å². The minimum atomic E-state index is -0.560. The lowest BCUT2D eigenvalue weighted by Gasteiger charge is -2.33. The Labute approximate surface area is 131 Å². The quantitative estimate of drug-likeness (QED) is 0.813. The first-order valence-corrected chi connectivity index (χ1v) is 7.83. The van der Waals surface area contributed by atoms with Crippen LogP contribution in [-0.2, 0) is 6.54 Å². The van der Waals surface area contributed by atoms with Crippen molar-refractivity contribution in [1.82, 2.24) is 19.9 Å². The smallest absolute Gasteiger partial charge is 0.275 e. The molecular weight excluding hydrogens is 284 g/mol. The number of aliphatic hydroxyl groups is 1. The molecule has 2 rings (SSSR count). The van der Waals surface area contributed by atoms with Crippen LogP contribution in [0.25, 0.3) is 0 Å². The number of aromatic nitrogens is 1. The van der Waals surface area contributed by atoms with Gasteiger partial charge in [-0.25, -0.2) is 0 Å². The van der Waals surface area contributed by atoms with Gasteiger partial charge < -0.3 is 19.4 Å². The lowest BCUT2D eigenvalue weighted by Crippen LogP contribution is -2.45.